The van der Waals surface area contributed by atoms with Gasteiger partial charge in [0.1, 0.15) is 5.75 Å². The number of benzene rings is 2. The molecule has 2 aromatic carbocycles. The average Bonchev–Trinajstić information content (AvgIpc) is 2.46. The van der Waals surface area contributed by atoms with Gasteiger partial charge in [0.25, 0.3) is 5.69 Å². The van der Waals surface area contributed by atoms with E-state index in [1.807, 2.05) is 0 Å². The van der Waals surface area contributed by atoms with Gasteiger partial charge in [0.15, 0.2) is 0 Å². The van der Waals surface area contributed by atoms with Crippen LogP contribution in [0.5, 0.6) is 5.75 Å². The highest BCUT2D eigenvalue weighted by atomic mass is 35.5. The topological polar surface area (TPSA) is 113 Å². The highest BCUT2D eigenvalue weighted by Crippen LogP contribution is 2.41. The highest BCUT2D eigenvalue weighted by molar-refractivity contribution is 6.34. The van der Waals surface area contributed by atoms with Crippen LogP contribution in [0.25, 0.3) is 11.1 Å². The summed E-state index contributed by atoms with van der Waals surface area (Å²) in [7, 11) is 0. The number of hydrogen-bond acceptors (Lipinski definition) is 5. The number of nitro benzene ring substituents is 1. The summed E-state index contributed by atoms with van der Waals surface area (Å²) in [5.74, 6) is -0.0929. The van der Waals surface area contributed by atoms with E-state index in [-0.39, 0.29) is 27.5 Å². The summed E-state index contributed by atoms with van der Waals surface area (Å²) in [6.45, 7) is 0. The molecular formula is C14H7ClN2O5. The Morgan fingerprint density at radius 1 is 1.36 bits per heavy atom. The van der Waals surface area contributed by atoms with E-state index in [9.17, 15) is 14.9 Å². The van der Waals surface area contributed by atoms with Crippen LogP contribution in [0.15, 0.2) is 36.4 Å². The number of rotatable bonds is 3. The molecule has 2 aromatic rings. The van der Waals surface area contributed by atoms with Crippen molar-refractivity contribution in [3.05, 3.63) is 57.1 Å². The van der Waals surface area contributed by atoms with Crippen LogP contribution in [0, 0.1) is 21.4 Å². The van der Waals surface area contributed by atoms with Gasteiger partial charge < -0.3 is 9.84 Å². The third kappa shape index (κ3) is 2.97. The molecule has 7 nitrogen and oxygen atoms in total. The lowest BCUT2D eigenvalue weighted by atomic mass is 10.0. The SMILES string of the molecule is N#Cc1cc(Cl)c(-c2ccccc2OC(=O)O)c([N+](=O)[O-])c1. The summed E-state index contributed by atoms with van der Waals surface area (Å²) in [5, 5.41) is 28.8. The van der Waals surface area contributed by atoms with Crippen molar-refractivity contribution in [2.24, 2.45) is 0 Å². The van der Waals surface area contributed by atoms with Gasteiger partial charge in [-0.2, -0.15) is 5.26 Å². The standard InChI is InChI=1S/C14H7ClN2O5/c15-10-5-8(7-16)6-11(17(20)21)13(10)9-3-1-2-4-12(9)22-14(18)19/h1-6H,(H,18,19). The van der Waals surface area contributed by atoms with Crippen molar-refractivity contribution >= 4 is 23.4 Å². The lowest BCUT2D eigenvalue weighted by Gasteiger charge is -2.10. The summed E-state index contributed by atoms with van der Waals surface area (Å²) in [6.07, 6.45) is -1.56. The molecule has 8 heteroatoms. The molecular weight excluding hydrogens is 312 g/mol. The fraction of sp³-hybridized carbons (Fsp3) is 0. The third-order valence-electron chi connectivity index (χ3n) is 2.75. The summed E-state index contributed by atoms with van der Waals surface area (Å²) in [5.41, 5.74) is -0.254. The minimum Gasteiger partial charge on any atom is -0.449 e. The van der Waals surface area contributed by atoms with Crippen molar-refractivity contribution in [3.63, 3.8) is 0 Å². The highest BCUT2D eigenvalue weighted by Gasteiger charge is 2.23. The van der Waals surface area contributed by atoms with Gasteiger partial charge in [-0.1, -0.05) is 29.8 Å². The van der Waals surface area contributed by atoms with Crippen LogP contribution in [0.4, 0.5) is 10.5 Å². The van der Waals surface area contributed by atoms with Crippen molar-refractivity contribution in [1.82, 2.24) is 0 Å². The molecule has 0 unspecified atom stereocenters. The average molecular weight is 319 g/mol. The molecule has 0 atom stereocenters. The van der Waals surface area contributed by atoms with E-state index in [1.165, 1.54) is 24.3 Å². The third-order valence-corrected chi connectivity index (χ3v) is 3.05. The number of nitriles is 1. The minimum absolute atomic E-state index is 0.0116. The van der Waals surface area contributed by atoms with E-state index in [0.717, 1.165) is 6.07 Å². The lowest BCUT2D eigenvalue weighted by Crippen LogP contribution is -2.04. The maximum absolute atomic E-state index is 11.2. The van der Waals surface area contributed by atoms with Gasteiger partial charge in [-0.3, -0.25) is 10.1 Å². The Balaban J connectivity index is 2.75. The zero-order valence-electron chi connectivity index (χ0n) is 10.8. The number of nitrogens with zero attached hydrogens (tertiary/aromatic N) is 2. The predicted octanol–water partition coefficient (Wildman–Crippen LogP) is 3.84. The Kier molecular flexibility index (Phi) is 4.25. The van der Waals surface area contributed by atoms with Gasteiger partial charge >= 0.3 is 6.16 Å². The zero-order chi connectivity index (χ0) is 16.3. The monoisotopic (exact) mass is 318 g/mol. The maximum atomic E-state index is 11.2. The Morgan fingerprint density at radius 2 is 2.05 bits per heavy atom. The van der Waals surface area contributed by atoms with Crippen LogP contribution in [0.1, 0.15) is 5.56 Å². The molecule has 0 bridgehead atoms. The van der Waals surface area contributed by atoms with Crippen LogP contribution in [-0.4, -0.2) is 16.2 Å². The minimum atomic E-state index is -1.56. The molecule has 0 fully saturated rings. The molecule has 0 amide bonds. The Labute approximate surface area is 129 Å². The molecule has 0 aliphatic rings. The quantitative estimate of drug-likeness (QED) is 0.398. The number of carboxylic acid groups (broad SMARTS) is 1. The van der Waals surface area contributed by atoms with E-state index in [1.54, 1.807) is 12.1 Å². The molecule has 22 heavy (non-hydrogen) atoms. The Hall–Kier alpha value is -3.11. The van der Waals surface area contributed by atoms with Crippen molar-refractivity contribution in [1.29, 1.82) is 5.26 Å². The maximum Gasteiger partial charge on any atom is 0.511 e. The van der Waals surface area contributed by atoms with Crippen molar-refractivity contribution < 1.29 is 19.6 Å². The van der Waals surface area contributed by atoms with Gasteiger partial charge in [0, 0.05) is 11.6 Å². The number of halogens is 1. The summed E-state index contributed by atoms with van der Waals surface area (Å²) < 4.78 is 4.62. The smallest absolute Gasteiger partial charge is 0.449 e. The Morgan fingerprint density at radius 3 is 2.64 bits per heavy atom. The summed E-state index contributed by atoms with van der Waals surface area (Å²) in [6, 6.07) is 9.98. The fourth-order valence-electron chi connectivity index (χ4n) is 1.92. The predicted molar refractivity (Wildman–Crippen MR) is 76.9 cm³/mol. The van der Waals surface area contributed by atoms with Gasteiger partial charge in [-0.25, -0.2) is 4.79 Å². The first-order valence-corrected chi connectivity index (χ1v) is 6.20. The largest absolute Gasteiger partial charge is 0.511 e. The van der Waals surface area contributed by atoms with Crippen molar-refractivity contribution in [2.75, 3.05) is 0 Å². The van der Waals surface area contributed by atoms with Gasteiger partial charge in [-0.05, 0) is 12.1 Å². The first-order chi connectivity index (χ1) is 10.4. The Bertz CT molecular complexity index is 813. The molecule has 0 aliphatic carbocycles. The van der Waals surface area contributed by atoms with Crippen molar-refractivity contribution in [2.45, 2.75) is 0 Å². The number of nitro groups is 1. The van der Waals surface area contributed by atoms with Gasteiger partial charge in [0.05, 0.1) is 27.1 Å². The zero-order valence-corrected chi connectivity index (χ0v) is 11.6. The van der Waals surface area contributed by atoms with E-state index >= 15 is 0 Å². The fourth-order valence-corrected chi connectivity index (χ4v) is 2.24. The van der Waals surface area contributed by atoms with E-state index in [2.05, 4.69) is 4.74 Å². The lowest BCUT2D eigenvalue weighted by molar-refractivity contribution is -0.384. The first kappa shape index (κ1) is 15.3. The molecule has 0 saturated carbocycles. The number of para-hydroxylation sites is 1. The summed E-state index contributed by atoms with van der Waals surface area (Å²) in [4.78, 5) is 21.3. The summed E-state index contributed by atoms with van der Waals surface area (Å²) >= 11 is 6.04. The number of ether oxygens (including phenoxy) is 1. The van der Waals surface area contributed by atoms with E-state index in [0.29, 0.717) is 0 Å². The second kappa shape index (κ2) is 6.11. The normalized spacial score (nSPS) is 9.82. The molecule has 1 N–H and O–H groups in total. The van der Waals surface area contributed by atoms with Crippen LogP contribution >= 0.6 is 11.6 Å². The van der Waals surface area contributed by atoms with Crippen LogP contribution in [0.2, 0.25) is 5.02 Å². The van der Waals surface area contributed by atoms with E-state index in [4.69, 9.17) is 22.0 Å². The van der Waals surface area contributed by atoms with Crippen LogP contribution in [-0.2, 0) is 0 Å². The van der Waals surface area contributed by atoms with Crippen LogP contribution < -0.4 is 4.74 Å². The molecule has 2 rings (SSSR count). The second-order valence-corrected chi connectivity index (χ2v) is 4.49. The second-order valence-electron chi connectivity index (χ2n) is 4.09. The molecule has 0 radical (unpaired) electrons. The first-order valence-electron chi connectivity index (χ1n) is 5.82. The molecule has 0 saturated heterocycles. The van der Waals surface area contributed by atoms with Crippen molar-refractivity contribution in [3.8, 4) is 22.9 Å². The van der Waals surface area contributed by atoms with E-state index < -0.39 is 16.8 Å². The molecule has 110 valence electrons. The molecule has 0 aliphatic heterocycles. The molecule has 0 aromatic heterocycles. The van der Waals surface area contributed by atoms with Gasteiger partial charge in [0.2, 0.25) is 0 Å². The molecule has 0 heterocycles. The van der Waals surface area contributed by atoms with Gasteiger partial charge in [-0.15, -0.1) is 0 Å². The van der Waals surface area contributed by atoms with Crippen LogP contribution in [0.3, 0.4) is 0 Å². The number of hydrogen-bond donors (Lipinski definition) is 1. The number of carbonyl (C=O) groups is 1. The molecule has 0 spiro atoms.